The van der Waals surface area contributed by atoms with Gasteiger partial charge in [0.15, 0.2) is 0 Å². The van der Waals surface area contributed by atoms with E-state index < -0.39 is 4.92 Å². The van der Waals surface area contributed by atoms with Gasteiger partial charge < -0.3 is 10.0 Å². The molecule has 1 aromatic carbocycles. The Labute approximate surface area is 95.6 Å². The summed E-state index contributed by atoms with van der Waals surface area (Å²) in [6.45, 7) is 0.195. The number of hydrogen-bond acceptors (Lipinski definition) is 7. The lowest BCUT2D eigenvalue weighted by molar-refractivity contribution is -0.382. The molecule has 0 aliphatic rings. The molecular weight excluding hydrogens is 228 g/mol. The van der Waals surface area contributed by atoms with Crippen LogP contribution >= 0.6 is 0 Å². The average Bonchev–Trinajstić information content (AvgIpc) is 2.75. The van der Waals surface area contributed by atoms with Crippen molar-refractivity contribution in [2.24, 2.45) is 0 Å². The van der Waals surface area contributed by atoms with Gasteiger partial charge >= 0.3 is 5.69 Å². The van der Waals surface area contributed by atoms with Gasteiger partial charge in [-0.15, -0.1) is 0 Å². The first kappa shape index (κ1) is 11.3. The molecule has 0 aliphatic carbocycles. The van der Waals surface area contributed by atoms with Crippen LogP contribution in [-0.4, -0.2) is 40.5 Å². The highest BCUT2D eigenvalue weighted by atomic mass is 16.6. The molecule has 0 unspecified atom stereocenters. The fraction of sp³-hybridized carbons (Fsp3) is 0.333. The summed E-state index contributed by atoms with van der Waals surface area (Å²) in [4.78, 5) is 12.1. The van der Waals surface area contributed by atoms with Gasteiger partial charge in [-0.1, -0.05) is 0 Å². The van der Waals surface area contributed by atoms with E-state index in [9.17, 15) is 10.1 Å². The second-order valence-corrected chi connectivity index (χ2v) is 3.47. The number of nitrogens with zero attached hydrogens (tertiary/aromatic N) is 4. The molecule has 2 rings (SSSR count). The van der Waals surface area contributed by atoms with Crippen LogP contribution in [0, 0.1) is 10.1 Å². The van der Waals surface area contributed by atoms with Crippen molar-refractivity contribution >= 4 is 22.4 Å². The van der Waals surface area contributed by atoms with Crippen LogP contribution in [0.3, 0.4) is 0 Å². The molecular formula is C9H10N4O4. The molecule has 0 aliphatic heterocycles. The Morgan fingerprint density at radius 1 is 1.53 bits per heavy atom. The van der Waals surface area contributed by atoms with Gasteiger partial charge in [0.2, 0.25) is 5.52 Å². The number of aliphatic hydroxyl groups is 1. The Morgan fingerprint density at radius 2 is 2.29 bits per heavy atom. The second kappa shape index (κ2) is 4.34. The molecule has 0 saturated heterocycles. The number of aliphatic hydroxyl groups excluding tert-OH is 1. The standard InChI is InChI=1S/C9H10N4O4/c1-12(4-5-14)7-3-2-6-8(11-17-10-6)9(7)13(15)16/h2-3,14H,4-5H2,1H3. The molecule has 90 valence electrons. The lowest BCUT2D eigenvalue weighted by Gasteiger charge is -2.17. The van der Waals surface area contributed by atoms with E-state index in [1.54, 1.807) is 24.1 Å². The number of benzene rings is 1. The van der Waals surface area contributed by atoms with Crippen molar-refractivity contribution in [3.63, 3.8) is 0 Å². The number of aromatic nitrogens is 2. The molecule has 17 heavy (non-hydrogen) atoms. The molecule has 8 nitrogen and oxygen atoms in total. The molecule has 0 amide bonds. The maximum absolute atomic E-state index is 11.0. The highest BCUT2D eigenvalue weighted by Gasteiger charge is 2.24. The predicted octanol–water partition coefficient (Wildman–Crippen LogP) is 0.559. The van der Waals surface area contributed by atoms with Crippen molar-refractivity contribution in [3.05, 3.63) is 22.2 Å². The van der Waals surface area contributed by atoms with Crippen LogP contribution in [0.4, 0.5) is 11.4 Å². The zero-order valence-electron chi connectivity index (χ0n) is 9.03. The Hall–Kier alpha value is -2.22. The molecule has 0 atom stereocenters. The summed E-state index contributed by atoms with van der Waals surface area (Å²) in [5, 5.41) is 27.0. The van der Waals surface area contributed by atoms with Crippen LogP contribution in [0.5, 0.6) is 0 Å². The fourth-order valence-electron chi connectivity index (χ4n) is 1.59. The normalized spacial score (nSPS) is 10.7. The van der Waals surface area contributed by atoms with E-state index in [-0.39, 0.29) is 24.4 Å². The minimum atomic E-state index is -0.532. The van der Waals surface area contributed by atoms with Crippen LogP contribution in [0.2, 0.25) is 0 Å². The maximum atomic E-state index is 11.0. The lowest BCUT2D eigenvalue weighted by Crippen LogP contribution is -2.22. The average molecular weight is 238 g/mol. The summed E-state index contributed by atoms with van der Waals surface area (Å²) < 4.78 is 4.48. The van der Waals surface area contributed by atoms with Crippen LogP contribution in [0.25, 0.3) is 11.0 Å². The molecule has 1 heterocycles. The lowest BCUT2D eigenvalue weighted by atomic mass is 10.2. The third-order valence-corrected chi connectivity index (χ3v) is 2.41. The summed E-state index contributed by atoms with van der Waals surface area (Å²) in [6, 6.07) is 3.14. The fourth-order valence-corrected chi connectivity index (χ4v) is 1.59. The molecule has 0 bridgehead atoms. The van der Waals surface area contributed by atoms with Gasteiger partial charge in [0.05, 0.1) is 11.5 Å². The van der Waals surface area contributed by atoms with Crippen molar-refractivity contribution in [3.8, 4) is 0 Å². The Balaban J connectivity index is 2.61. The predicted molar refractivity (Wildman–Crippen MR) is 58.8 cm³/mol. The van der Waals surface area contributed by atoms with Crippen molar-refractivity contribution < 1.29 is 14.7 Å². The van der Waals surface area contributed by atoms with Gasteiger partial charge in [0.1, 0.15) is 11.2 Å². The molecule has 0 fully saturated rings. The van der Waals surface area contributed by atoms with Crippen LogP contribution in [0.15, 0.2) is 16.8 Å². The van der Waals surface area contributed by atoms with Crippen LogP contribution < -0.4 is 4.90 Å². The third-order valence-electron chi connectivity index (χ3n) is 2.41. The summed E-state index contributed by atoms with van der Waals surface area (Å²) in [6.07, 6.45) is 0. The maximum Gasteiger partial charge on any atom is 0.323 e. The van der Waals surface area contributed by atoms with E-state index in [2.05, 4.69) is 14.9 Å². The van der Waals surface area contributed by atoms with E-state index in [4.69, 9.17) is 5.11 Å². The monoisotopic (exact) mass is 238 g/mol. The van der Waals surface area contributed by atoms with E-state index in [0.717, 1.165) is 0 Å². The largest absolute Gasteiger partial charge is 0.395 e. The number of hydrogen-bond donors (Lipinski definition) is 1. The zero-order valence-corrected chi connectivity index (χ0v) is 9.03. The first-order chi connectivity index (χ1) is 8.15. The summed E-state index contributed by atoms with van der Waals surface area (Å²) in [7, 11) is 1.65. The summed E-state index contributed by atoms with van der Waals surface area (Å²) in [5.74, 6) is 0. The number of nitro groups is 1. The van der Waals surface area contributed by atoms with Crippen LogP contribution in [0.1, 0.15) is 0 Å². The highest BCUT2D eigenvalue weighted by Crippen LogP contribution is 2.33. The van der Waals surface area contributed by atoms with Gasteiger partial charge in [0, 0.05) is 13.6 Å². The van der Waals surface area contributed by atoms with Crippen molar-refractivity contribution in [1.82, 2.24) is 10.3 Å². The molecule has 1 aromatic heterocycles. The van der Waals surface area contributed by atoms with Crippen molar-refractivity contribution in [2.75, 3.05) is 25.1 Å². The van der Waals surface area contributed by atoms with Gasteiger partial charge in [0.25, 0.3) is 0 Å². The Kier molecular flexibility index (Phi) is 2.88. The van der Waals surface area contributed by atoms with E-state index in [0.29, 0.717) is 11.2 Å². The molecule has 0 saturated carbocycles. The van der Waals surface area contributed by atoms with Gasteiger partial charge in [-0.2, -0.15) is 0 Å². The van der Waals surface area contributed by atoms with Gasteiger partial charge in [-0.25, -0.2) is 4.63 Å². The second-order valence-electron chi connectivity index (χ2n) is 3.47. The molecule has 1 N–H and O–H groups in total. The van der Waals surface area contributed by atoms with Crippen LogP contribution in [-0.2, 0) is 0 Å². The number of rotatable bonds is 4. The van der Waals surface area contributed by atoms with Crippen molar-refractivity contribution in [1.29, 1.82) is 0 Å². The Morgan fingerprint density at radius 3 is 2.94 bits per heavy atom. The summed E-state index contributed by atoms with van der Waals surface area (Å²) >= 11 is 0. The minimum absolute atomic E-state index is 0.0945. The smallest absolute Gasteiger partial charge is 0.323 e. The van der Waals surface area contributed by atoms with E-state index >= 15 is 0 Å². The van der Waals surface area contributed by atoms with E-state index in [1.807, 2.05) is 0 Å². The number of anilines is 1. The molecule has 8 heteroatoms. The first-order valence-electron chi connectivity index (χ1n) is 4.87. The Bertz CT molecular complexity index is 553. The first-order valence-corrected chi connectivity index (χ1v) is 4.87. The highest BCUT2D eigenvalue weighted by molar-refractivity contribution is 5.90. The number of nitro benzene ring substituents is 1. The molecule has 2 aromatic rings. The zero-order chi connectivity index (χ0) is 12.4. The van der Waals surface area contributed by atoms with E-state index in [1.165, 1.54) is 0 Å². The topological polar surface area (TPSA) is 106 Å². The number of fused-ring (bicyclic) bond motifs is 1. The van der Waals surface area contributed by atoms with Gasteiger partial charge in [-0.3, -0.25) is 10.1 Å². The SMILES string of the molecule is CN(CCO)c1ccc2nonc2c1[N+](=O)[O-]. The van der Waals surface area contributed by atoms with Gasteiger partial charge in [-0.05, 0) is 22.4 Å². The summed E-state index contributed by atoms with van der Waals surface area (Å²) in [5.41, 5.74) is 0.641. The third kappa shape index (κ3) is 1.89. The minimum Gasteiger partial charge on any atom is -0.395 e. The number of likely N-dealkylation sites (N-methyl/N-ethyl adjacent to an activating group) is 1. The quantitative estimate of drug-likeness (QED) is 0.612. The molecule has 0 radical (unpaired) electrons. The molecule has 0 spiro atoms. The van der Waals surface area contributed by atoms with Crippen molar-refractivity contribution in [2.45, 2.75) is 0 Å².